The molecule has 90 valence electrons. The second-order valence-corrected chi connectivity index (χ2v) is 3.87. The van der Waals surface area contributed by atoms with Crippen molar-refractivity contribution in [2.24, 2.45) is 0 Å². The molecule has 2 rings (SSSR count). The Morgan fingerprint density at radius 3 is 2.82 bits per heavy atom. The minimum absolute atomic E-state index is 0.248. The highest BCUT2D eigenvalue weighted by molar-refractivity contribution is 5.47. The van der Waals surface area contributed by atoms with Crippen molar-refractivity contribution in [3.8, 4) is 11.6 Å². The Morgan fingerprint density at radius 2 is 2.12 bits per heavy atom. The number of hydrogen-bond acceptors (Lipinski definition) is 5. The summed E-state index contributed by atoms with van der Waals surface area (Å²) < 4.78 is 5.25. The molecule has 0 amide bonds. The number of anilines is 1. The molecule has 0 bridgehead atoms. The van der Waals surface area contributed by atoms with Crippen LogP contribution in [0.4, 0.5) is 5.95 Å². The number of aryl methyl sites for hydroxylation is 1. The first-order chi connectivity index (χ1) is 8.29. The third-order valence-corrected chi connectivity index (χ3v) is 2.44. The van der Waals surface area contributed by atoms with Gasteiger partial charge in [0.05, 0.1) is 6.26 Å². The highest BCUT2D eigenvalue weighted by Gasteiger charge is 2.08. The van der Waals surface area contributed by atoms with Gasteiger partial charge in [0, 0.05) is 6.42 Å². The van der Waals surface area contributed by atoms with Gasteiger partial charge >= 0.3 is 0 Å². The van der Waals surface area contributed by atoms with E-state index < -0.39 is 0 Å². The van der Waals surface area contributed by atoms with Crippen LogP contribution in [-0.4, -0.2) is 15.0 Å². The van der Waals surface area contributed by atoms with Gasteiger partial charge in [0.2, 0.25) is 11.8 Å². The Kier molecular flexibility index (Phi) is 3.69. The molecule has 0 aliphatic carbocycles. The molecule has 0 atom stereocenters. The molecule has 0 unspecified atom stereocenters. The SMILES string of the molecule is CCCCCc1nc(N)nc(-c2ccco2)n1. The summed E-state index contributed by atoms with van der Waals surface area (Å²) >= 11 is 0. The van der Waals surface area contributed by atoms with Gasteiger partial charge in [-0.15, -0.1) is 0 Å². The van der Waals surface area contributed by atoms with Crippen LogP contribution in [0.2, 0.25) is 0 Å². The molecule has 5 nitrogen and oxygen atoms in total. The van der Waals surface area contributed by atoms with Crippen LogP contribution in [0.15, 0.2) is 22.8 Å². The molecule has 0 spiro atoms. The van der Waals surface area contributed by atoms with Gasteiger partial charge in [-0.2, -0.15) is 9.97 Å². The molecule has 2 aromatic rings. The van der Waals surface area contributed by atoms with Gasteiger partial charge in [0.15, 0.2) is 5.76 Å². The average molecular weight is 232 g/mol. The van der Waals surface area contributed by atoms with Crippen LogP contribution < -0.4 is 5.73 Å². The van der Waals surface area contributed by atoms with Gasteiger partial charge in [-0.3, -0.25) is 0 Å². The number of hydrogen-bond donors (Lipinski definition) is 1. The van der Waals surface area contributed by atoms with Gasteiger partial charge < -0.3 is 10.2 Å². The van der Waals surface area contributed by atoms with Gasteiger partial charge in [-0.05, 0) is 18.6 Å². The second kappa shape index (κ2) is 5.43. The maximum atomic E-state index is 5.67. The molecule has 2 heterocycles. The molecule has 5 heteroatoms. The largest absolute Gasteiger partial charge is 0.461 e. The Bertz CT molecular complexity index is 467. The van der Waals surface area contributed by atoms with E-state index in [0.717, 1.165) is 18.7 Å². The van der Waals surface area contributed by atoms with Gasteiger partial charge in [-0.1, -0.05) is 19.8 Å². The number of nitrogens with two attached hydrogens (primary N) is 1. The van der Waals surface area contributed by atoms with Crippen molar-refractivity contribution in [1.82, 2.24) is 15.0 Å². The lowest BCUT2D eigenvalue weighted by molar-refractivity contribution is 0.575. The number of unbranched alkanes of at least 4 members (excludes halogenated alkanes) is 2. The summed E-state index contributed by atoms with van der Waals surface area (Å²) in [6.07, 6.45) is 5.82. The van der Waals surface area contributed by atoms with Crippen molar-refractivity contribution < 1.29 is 4.42 Å². The average Bonchev–Trinajstić information content (AvgIpc) is 2.82. The van der Waals surface area contributed by atoms with Crippen LogP contribution in [0.3, 0.4) is 0 Å². The zero-order chi connectivity index (χ0) is 12.1. The fourth-order valence-electron chi connectivity index (χ4n) is 1.60. The van der Waals surface area contributed by atoms with E-state index in [0.29, 0.717) is 11.6 Å². The van der Waals surface area contributed by atoms with Crippen LogP contribution in [0.25, 0.3) is 11.6 Å². The van der Waals surface area contributed by atoms with Gasteiger partial charge in [0.25, 0.3) is 0 Å². The maximum Gasteiger partial charge on any atom is 0.223 e. The molecule has 0 saturated carbocycles. The third kappa shape index (κ3) is 3.03. The normalized spacial score (nSPS) is 10.6. The monoisotopic (exact) mass is 232 g/mol. The smallest absolute Gasteiger partial charge is 0.223 e. The molecule has 0 saturated heterocycles. The summed E-state index contributed by atoms with van der Waals surface area (Å²) in [7, 11) is 0. The van der Waals surface area contributed by atoms with Crippen LogP contribution in [0.5, 0.6) is 0 Å². The van der Waals surface area contributed by atoms with E-state index in [-0.39, 0.29) is 5.95 Å². The molecule has 0 radical (unpaired) electrons. The zero-order valence-corrected chi connectivity index (χ0v) is 9.89. The Hall–Kier alpha value is -1.91. The van der Waals surface area contributed by atoms with Crippen molar-refractivity contribution >= 4 is 5.95 Å². The second-order valence-electron chi connectivity index (χ2n) is 3.87. The van der Waals surface area contributed by atoms with E-state index in [4.69, 9.17) is 10.2 Å². The maximum absolute atomic E-state index is 5.67. The predicted octanol–water partition coefficient (Wildman–Crippen LogP) is 2.45. The van der Waals surface area contributed by atoms with Gasteiger partial charge in [-0.25, -0.2) is 4.98 Å². The van der Waals surface area contributed by atoms with Crippen molar-refractivity contribution in [2.45, 2.75) is 32.6 Å². The minimum atomic E-state index is 0.248. The highest BCUT2D eigenvalue weighted by atomic mass is 16.3. The molecule has 2 N–H and O–H groups in total. The predicted molar refractivity (Wildman–Crippen MR) is 65.2 cm³/mol. The summed E-state index contributed by atoms with van der Waals surface area (Å²) in [4.78, 5) is 12.5. The summed E-state index contributed by atoms with van der Waals surface area (Å²) in [6.45, 7) is 2.16. The number of rotatable bonds is 5. The summed E-state index contributed by atoms with van der Waals surface area (Å²) in [5.41, 5.74) is 5.67. The van der Waals surface area contributed by atoms with E-state index in [1.165, 1.54) is 12.8 Å². The van der Waals surface area contributed by atoms with Crippen molar-refractivity contribution in [2.75, 3.05) is 5.73 Å². The number of nitrogen functional groups attached to an aromatic ring is 1. The topological polar surface area (TPSA) is 77.8 Å². The molecular formula is C12H16N4O. The molecule has 0 aliphatic heterocycles. The van der Waals surface area contributed by atoms with Gasteiger partial charge in [0.1, 0.15) is 5.82 Å². The van der Waals surface area contributed by atoms with E-state index >= 15 is 0 Å². The minimum Gasteiger partial charge on any atom is -0.461 e. The van der Waals surface area contributed by atoms with E-state index in [2.05, 4.69) is 21.9 Å². The van der Waals surface area contributed by atoms with Crippen molar-refractivity contribution in [3.63, 3.8) is 0 Å². The highest BCUT2D eigenvalue weighted by Crippen LogP contribution is 2.16. The van der Waals surface area contributed by atoms with Crippen molar-refractivity contribution in [3.05, 3.63) is 24.2 Å². The standard InChI is InChI=1S/C12H16N4O/c1-2-3-4-7-10-14-11(16-12(13)15-10)9-6-5-8-17-9/h5-6,8H,2-4,7H2,1H3,(H2,13,14,15,16). The first-order valence-electron chi connectivity index (χ1n) is 5.84. The van der Waals surface area contributed by atoms with Crippen LogP contribution in [-0.2, 0) is 6.42 Å². The van der Waals surface area contributed by atoms with E-state index in [1.807, 2.05) is 6.07 Å². The zero-order valence-electron chi connectivity index (χ0n) is 9.89. The molecule has 17 heavy (non-hydrogen) atoms. The van der Waals surface area contributed by atoms with Crippen LogP contribution in [0, 0.1) is 0 Å². The molecule has 2 aromatic heterocycles. The van der Waals surface area contributed by atoms with Crippen LogP contribution >= 0.6 is 0 Å². The fourth-order valence-corrected chi connectivity index (χ4v) is 1.60. The lowest BCUT2D eigenvalue weighted by atomic mass is 10.2. The first kappa shape index (κ1) is 11.6. The molecule has 0 fully saturated rings. The lowest BCUT2D eigenvalue weighted by Gasteiger charge is -2.02. The number of nitrogens with zero attached hydrogens (tertiary/aromatic N) is 3. The van der Waals surface area contributed by atoms with Crippen molar-refractivity contribution in [1.29, 1.82) is 0 Å². The Balaban J connectivity index is 2.18. The molecular weight excluding hydrogens is 216 g/mol. The summed E-state index contributed by atoms with van der Waals surface area (Å²) in [5.74, 6) is 2.11. The Labute approximate surface area is 100 Å². The molecule has 0 aromatic carbocycles. The number of furan rings is 1. The van der Waals surface area contributed by atoms with E-state index in [9.17, 15) is 0 Å². The summed E-state index contributed by atoms with van der Waals surface area (Å²) in [5, 5.41) is 0. The Morgan fingerprint density at radius 1 is 1.24 bits per heavy atom. The van der Waals surface area contributed by atoms with E-state index in [1.54, 1.807) is 12.3 Å². The number of aromatic nitrogens is 3. The quantitative estimate of drug-likeness (QED) is 0.801. The lowest BCUT2D eigenvalue weighted by Crippen LogP contribution is -2.04. The molecule has 0 aliphatic rings. The third-order valence-electron chi connectivity index (χ3n) is 2.44. The van der Waals surface area contributed by atoms with Crippen LogP contribution in [0.1, 0.15) is 32.0 Å². The fraction of sp³-hybridized carbons (Fsp3) is 0.417. The first-order valence-corrected chi connectivity index (χ1v) is 5.84. The summed E-state index contributed by atoms with van der Waals surface area (Å²) in [6, 6.07) is 3.61.